The van der Waals surface area contributed by atoms with Crippen LogP contribution in [0.5, 0.6) is 0 Å². The van der Waals surface area contributed by atoms with Crippen molar-refractivity contribution >= 4 is 154 Å². The zero-order valence-electron chi connectivity index (χ0n) is 70.4. The Balaban J connectivity index is 0.000000396. The monoisotopic (exact) mass is 1860 g/mol. The third-order valence-corrected chi connectivity index (χ3v) is 32.3. The van der Waals surface area contributed by atoms with Crippen LogP contribution >= 0.6 is 64.8 Å². The number of nitrogens with one attached hydrogen (secondary N) is 5. The fourth-order valence-corrected chi connectivity index (χ4v) is 23.6. The Morgan fingerprint density at radius 3 is 1.23 bits per heavy atom. The van der Waals surface area contributed by atoms with Gasteiger partial charge in [0.1, 0.15) is 30.2 Å². The number of amides is 5. The SMILES string of the molecule is C[C@@H]1CCc2c(cccc2S(=O)(=O)N[C@@H](CCCN=C(N)N)C(=O)N2CC[C@@H](C)C[C@@H]2C(=O)NCSSCNC(=O)[C@H]2C[C@H](C)CCN2C(=O)[C@H](CCCN=C(N)N)CS(=O)(=O)c2cccc3c2NC[C@@H](C)C3)C1.C[C@@H]1CCc2c(cccc2S(=O)(=O)N[C@@H](CCCN=C(N)N)C(=O)N2CC[C@@H](C)C[C@@H]2C(=O)O)C1.NCSSCN.NCSSCN. The molecule has 26 N–H and O–H groups in total. The molecule has 0 bridgehead atoms. The second kappa shape index (κ2) is 52.0. The van der Waals surface area contributed by atoms with E-state index in [9.17, 15) is 59.1 Å². The van der Waals surface area contributed by atoms with Gasteiger partial charge in [-0.05, 0) is 204 Å². The Labute approximate surface area is 738 Å². The quantitative estimate of drug-likeness (QED) is 0.0122. The molecule has 0 unspecified atom stereocenters. The number of nitrogens with two attached hydrogens (primary N) is 10. The molecule has 0 aromatic heterocycles. The van der Waals surface area contributed by atoms with Crippen molar-refractivity contribution in [2.45, 2.75) is 208 Å². The van der Waals surface area contributed by atoms with Crippen molar-refractivity contribution in [3.8, 4) is 0 Å². The molecule has 680 valence electrons. The van der Waals surface area contributed by atoms with Gasteiger partial charge in [-0.2, -0.15) is 9.44 Å². The van der Waals surface area contributed by atoms with E-state index in [1.807, 2.05) is 39.0 Å². The molecule has 4 aliphatic heterocycles. The zero-order chi connectivity index (χ0) is 89.2. The second-order valence-corrected chi connectivity index (χ2v) is 44.7. The Morgan fingerprint density at radius 1 is 0.471 bits per heavy atom. The number of benzene rings is 3. The van der Waals surface area contributed by atoms with E-state index in [4.69, 9.17) is 57.3 Å². The molecule has 3 fully saturated rings. The van der Waals surface area contributed by atoms with Gasteiger partial charge < -0.3 is 93.1 Å². The van der Waals surface area contributed by atoms with Crippen LogP contribution in [-0.2, 0) is 90.8 Å². The molecular weight excluding hydrogens is 1730 g/mol. The number of sulfone groups is 1. The lowest BCUT2D eigenvalue weighted by Gasteiger charge is -2.39. The van der Waals surface area contributed by atoms with Gasteiger partial charge in [-0.3, -0.25) is 38.9 Å². The van der Waals surface area contributed by atoms with E-state index in [1.165, 1.54) is 36.3 Å². The minimum absolute atomic E-state index is 0.0884. The summed E-state index contributed by atoms with van der Waals surface area (Å²) in [5.41, 5.74) is 58.4. The summed E-state index contributed by atoms with van der Waals surface area (Å²) < 4.78 is 89.0. The van der Waals surface area contributed by atoms with Gasteiger partial charge in [-0.1, -0.05) is 143 Å². The first kappa shape index (κ1) is 104. The topological polar surface area (TPSA) is 592 Å². The van der Waals surface area contributed by atoms with Crippen LogP contribution in [-0.4, -0.2) is 215 Å². The summed E-state index contributed by atoms with van der Waals surface area (Å²) in [5, 5.41) is 18.9. The van der Waals surface area contributed by atoms with Gasteiger partial charge in [0.2, 0.25) is 49.6 Å². The lowest BCUT2D eigenvalue weighted by Crippen LogP contribution is -2.58. The van der Waals surface area contributed by atoms with Crippen LogP contribution in [0, 0.1) is 41.4 Å². The minimum atomic E-state index is -4.16. The maximum atomic E-state index is 14.5. The smallest absolute Gasteiger partial charge is 0.326 e. The molecule has 0 saturated carbocycles. The number of para-hydroxylation sites is 1. The first-order chi connectivity index (χ1) is 57.5. The third-order valence-electron chi connectivity index (χ3n) is 21.9. The number of carbonyl (C=O) groups excluding carboxylic acids is 5. The van der Waals surface area contributed by atoms with E-state index in [-0.39, 0.29) is 132 Å². The van der Waals surface area contributed by atoms with Gasteiger partial charge in [0.05, 0.1) is 43.8 Å². The lowest BCUT2D eigenvalue weighted by atomic mass is 9.85. The van der Waals surface area contributed by atoms with Gasteiger partial charge >= 0.3 is 5.97 Å². The fourth-order valence-electron chi connectivity index (χ4n) is 15.8. The largest absolute Gasteiger partial charge is 0.480 e. The molecule has 3 saturated heterocycles. The van der Waals surface area contributed by atoms with Crippen LogP contribution in [0.15, 0.2) is 84.3 Å². The number of fused-ring (bicyclic) bond motifs is 3. The summed E-state index contributed by atoms with van der Waals surface area (Å²) in [5.74, 6) is -0.429. The summed E-state index contributed by atoms with van der Waals surface area (Å²) in [6.07, 6.45) is 9.82. The Hall–Kier alpha value is -6.20. The molecule has 34 nitrogen and oxygen atoms in total. The van der Waals surface area contributed by atoms with Gasteiger partial charge in [0, 0.05) is 69.3 Å². The fraction of sp³-hybridized carbons (Fsp3) is 0.654. The number of hydrogen-bond acceptors (Lipinski definition) is 26. The average molecular weight is 1860 g/mol. The maximum absolute atomic E-state index is 14.5. The number of anilines is 1. The number of carboxylic acids is 1. The second-order valence-electron chi connectivity index (χ2n) is 31.8. The van der Waals surface area contributed by atoms with E-state index in [0.29, 0.717) is 124 Å². The highest BCUT2D eigenvalue weighted by Gasteiger charge is 2.44. The minimum Gasteiger partial charge on any atom is -0.480 e. The number of aliphatic carboxylic acids is 1. The van der Waals surface area contributed by atoms with Crippen molar-refractivity contribution in [3.05, 3.63) is 82.4 Å². The number of likely N-dealkylation sites (tertiary alicyclic amines) is 3. The predicted octanol–water partition coefficient (Wildman–Crippen LogP) is 4.67. The molecular formula is C78H131N21O13S9. The van der Waals surface area contributed by atoms with Crippen molar-refractivity contribution in [1.82, 2.24) is 34.8 Å². The van der Waals surface area contributed by atoms with Crippen molar-refractivity contribution in [1.29, 1.82) is 0 Å². The van der Waals surface area contributed by atoms with Crippen LogP contribution in [0.3, 0.4) is 0 Å². The molecule has 4 heterocycles. The van der Waals surface area contributed by atoms with Gasteiger partial charge in [0.25, 0.3) is 0 Å². The zero-order valence-corrected chi connectivity index (χ0v) is 77.8. The number of rotatable bonds is 38. The number of piperidine rings is 3. The summed E-state index contributed by atoms with van der Waals surface area (Å²) in [7, 11) is -3.28. The molecule has 121 heavy (non-hydrogen) atoms. The van der Waals surface area contributed by atoms with Crippen LogP contribution < -0.4 is 82.7 Å². The first-order valence-electron chi connectivity index (χ1n) is 41.2. The van der Waals surface area contributed by atoms with E-state index >= 15 is 0 Å². The third kappa shape index (κ3) is 33.3. The van der Waals surface area contributed by atoms with Crippen molar-refractivity contribution in [2.75, 3.05) is 92.1 Å². The van der Waals surface area contributed by atoms with Crippen LogP contribution in [0.2, 0.25) is 0 Å². The Kier molecular flexibility index (Phi) is 44.6. The maximum Gasteiger partial charge on any atom is 0.326 e. The summed E-state index contributed by atoms with van der Waals surface area (Å²) in [6.45, 7) is 14.4. The summed E-state index contributed by atoms with van der Waals surface area (Å²) in [6, 6.07) is 10.8. The highest BCUT2D eigenvalue weighted by atomic mass is 33.1. The van der Waals surface area contributed by atoms with Gasteiger partial charge in [0.15, 0.2) is 27.7 Å². The molecule has 3 aromatic carbocycles. The van der Waals surface area contributed by atoms with E-state index in [0.717, 1.165) is 59.9 Å². The predicted molar refractivity (Wildman–Crippen MR) is 494 cm³/mol. The van der Waals surface area contributed by atoms with Crippen LogP contribution in [0.1, 0.15) is 159 Å². The summed E-state index contributed by atoms with van der Waals surface area (Å²) >= 11 is 0. The van der Waals surface area contributed by atoms with E-state index in [1.54, 1.807) is 79.6 Å². The number of guanidine groups is 3. The Bertz CT molecular complexity index is 4130. The molecule has 5 amide bonds. The van der Waals surface area contributed by atoms with Crippen molar-refractivity contribution in [2.24, 2.45) is 114 Å². The van der Waals surface area contributed by atoms with Crippen molar-refractivity contribution in [3.63, 3.8) is 0 Å². The Morgan fingerprint density at radius 2 is 0.835 bits per heavy atom. The number of nitrogens with zero attached hydrogens (tertiary/aromatic N) is 6. The molecule has 3 aromatic rings. The number of aliphatic imine (C=N–C) groups is 3. The highest BCUT2D eigenvalue weighted by Crippen LogP contribution is 2.37. The molecule has 2 aliphatic carbocycles. The number of sulfonamides is 2. The van der Waals surface area contributed by atoms with Crippen LogP contribution in [0.4, 0.5) is 5.69 Å². The molecule has 9 rings (SSSR count). The molecule has 12 atom stereocenters. The number of carbonyl (C=O) groups is 6. The normalized spacial score (nSPS) is 21.5. The molecule has 43 heteroatoms. The average Bonchev–Trinajstić information content (AvgIpc) is 0.785. The first-order valence-corrected chi connectivity index (χ1v) is 53.3. The summed E-state index contributed by atoms with van der Waals surface area (Å²) in [4.78, 5) is 99.1. The van der Waals surface area contributed by atoms with Crippen molar-refractivity contribution < 1.29 is 59.1 Å². The van der Waals surface area contributed by atoms with E-state index in [2.05, 4.69) is 61.1 Å². The van der Waals surface area contributed by atoms with E-state index < -0.39 is 95.5 Å². The standard InChI is InChI=1S/C50H78N12O8S4.C24H37N5O5S.2C2H8N2S2/c1-31-15-16-38-35(23-31)9-5-13-42(38)74(69,70)60-39(12-8-20-56-50(53)54)48(66)62-22-18-33(3)26-41(62)46(64)59-30-72-71-29-58-45(63)40-25-32(2)17-21-61(40)47(65)37(11-7-19-55-49(51)52)28-73(67,68)43-14-6-10-36-24-34(4)27-57-44(36)43;1-15-8-9-18-17(13-15)5-3-7-21(18)35(33,34)28-19(6-4-11-27-24(25)26)22(30)29-12-10-16(2)14-20(29)23(31)32;2*3-1-5-6-2-4/h5-6,9-10,13-14,31-34,37,39-41,57,60H,7-8,11-12,15-30H2,1-4H3,(H,58,63)(H,59,64)(H4,51,52,55)(H4,53,54,56);3,5,7,15-16,19-20,28H,4,6,8-14H2,1-2H3,(H,31,32)(H4,25,26,27);2*1-4H2/t31-,32-,33-,34+,37-,39+,40-,41-;15-,16-,19+,20-;;/m11../s1. The molecule has 6 aliphatic rings. The molecule has 0 spiro atoms. The molecule has 0 radical (unpaired) electrons. The highest BCUT2D eigenvalue weighted by molar-refractivity contribution is 8.77. The van der Waals surface area contributed by atoms with Crippen LogP contribution in [0.25, 0.3) is 0 Å². The van der Waals surface area contributed by atoms with Gasteiger partial charge in [-0.15, -0.1) is 0 Å². The number of carboxylic acid groups (broad SMARTS) is 1. The lowest BCUT2D eigenvalue weighted by molar-refractivity contribution is -0.153. The number of hydrogen-bond donors (Lipinski definition) is 16. The van der Waals surface area contributed by atoms with Gasteiger partial charge in [-0.25, -0.2) is 30.0 Å².